The molecule has 222 valence electrons. The lowest BCUT2D eigenvalue weighted by Crippen LogP contribution is -2.37. The standard InChI is InChI=1S/C29H60NO6P/c1-6-7-8-9-10-11-12-13-14-15-16-17-18-19-20-21-22-23-25-34-27-29(33-5)28-36-37(31,32)35-26-24-30(2,3)4/h14-15,29H,6-13,16-28H2,1-5H3/p+1/b15-14-/t29-/m1/s1. The predicted molar refractivity (Wildman–Crippen MR) is 155 cm³/mol. The molecule has 1 unspecified atom stereocenters. The van der Waals surface area contributed by atoms with Crippen molar-refractivity contribution in [3.05, 3.63) is 12.2 Å². The normalized spacial score (nSPS) is 14.9. The predicted octanol–water partition coefficient (Wildman–Crippen LogP) is 7.68. The van der Waals surface area contributed by atoms with Crippen LogP contribution in [0.15, 0.2) is 12.2 Å². The first kappa shape index (κ1) is 36.7. The molecule has 0 aliphatic rings. The molecule has 0 aliphatic heterocycles. The smallest absolute Gasteiger partial charge is 0.379 e. The minimum atomic E-state index is -4.08. The second kappa shape index (κ2) is 24.7. The number of likely N-dealkylation sites (N-methyl/N-ethyl adjacent to an activating group) is 1. The Hall–Kier alpha value is -0.270. The van der Waals surface area contributed by atoms with Gasteiger partial charge >= 0.3 is 7.82 Å². The van der Waals surface area contributed by atoms with E-state index in [0.717, 1.165) is 6.42 Å². The van der Waals surface area contributed by atoms with Crippen LogP contribution in [0.4, 0.5) is 0 Å². The van der Waals surface area contributed by atoms with Crippen LogP contribution in [0, 0.1) is 0 Å². The number of methoxy groups -OCH3 is 1. The molecule has 7 nitrogen and oxygen atoms in total. The molecule has 1 N–H and O–H groups in total. The molecule has 0 aliphatic carbocycles. The zero-order chi connectivity index (χ0) is 27.7. The summed E-state index contributed by atoms with van der Waals surface area (Å²) in [5, 5.41) is 0. The molecule has 0 aromatic rings. The quantitative estimate of drug-likeness (QED) is 0.0466. The van der Waals surface area contributed by atoms with E-state index in [9.17, 15) is 9.46 Å². The van der Waals surface area contributed by atoms with Gasteiger partial charge < -0.3 is 18.9 Å². The number of allylic oxidation sites excluding steroid dienone is 2. The highest BCUT2D eigenvalue weighted by atomic mass is 31.2. The van der Waals surface area contributed by atoms with Crippen molar-refractivity contribution in [1.29, 1.82) is 0 Å². The number of quaternary nitrogens is 1. The van der Waals surface area contributed by atoms with Crippen LogP contribution in [0.3, 0.4) is 0 Å². The summed E-state index contributed by atoms with van der Waals surface area (Å²) < 4.78 is 33.7. The van der Waals surface area contributed by atoms with Gasteiger partial charge in [-0.15, -0.1) is 0 Å². The Labute approximate surface area is 229 Å². The van der Waals surface area contributed by atoms with E-state index in [1.54, 1.807) is 7.11 Å². The van der Waals surface area contributed by atoms with Gasteiger partial charge in [-0.2, -0.15) is 0 Å². The zero-order valence-corrected chi connectivity index (χ0v) is 25.9. The number of unbranched alkanes of at least 4 members (excludes halogenated alkanes) is 14. The average Bonchev–Trinajstić information content (AvgIpc) is 2.83. The summed E-state index contributed by atoms with van der Waals surface area (Å²) in [6.07, 6.45) is 25.2. The number of hydrogen-bond acceptors (Lipinski definition) is 5. The molecule has 8 heteroatoms. The van der Waals surface area contributed by atoms with Gasteiger partial charge in [0.25, 0.3) is 0 Å². The van der Waals surface area contributed by atoms with E-state index in [1.165, 1.54) is 96.3 Å². The Balaban J connectivity index is 3.51. The first-order chi connectivity index (χ1) is 17.7. The molecule has 0 aromatic carbocycles. The van der Waals surface area contributed by atoms with Gasteiger partial charge in [0.1, 0.15) is 19.3 Å². The van der Waals surface area contributed by atoms with Crippen LogP contribution in [-0.2, 0) is 23.1 Å². The summed E-state index contributed by atoms with van der Waals surface area (Å²) in [7, 11) is 3.44. The Bertz CT molecular complexity index is 567. The molecule has 37 heavy (non-hydrogen) atoms. The van der Waals surface area contributed by atoms with E-state index in [-0.39, 0.29) is 13.2 Å². The zero-order valence-electron chi connectivity index (χ0n) is 25.0. The summed E-state index contributed by atoms with van der Waals surface area (Å²) in [4.78, 5) is 9.80. The van der Waals surface area contributed by atoms with Gasteiger partial charge in [0.2, 0.25) is 0 Å². The second-order valence-corrected chi connectivity index (χ2v) is 12.6. The Morgan fingerprint density at radius 2 is 1.24 bits per heavy atom. The van der Waals surface area contributed by atoms with Gasteiger partial charge in [0.05, 0.1) is 34.4 Å². The van der Waals surface area contributed by atoms with Crippen LogP contribution in [-0.4, -0.2) is 76.7 Å². The van der Waals surface area contributed by atoms with Crippen molar-refractivity contribution in [2.75, 3.05) is 61.2 Å². The van der Waals surface area contributed by atoms with Gasteiger partial charge in [-0.05, 0) is 32.1 Å². The fraction of sp³-hybridized carbons (Fsp3) is 0.931. The third-order valence-corrected chi connectivity index (χ3v) is 7.36. The molecule has 0 bridgehead atoms. The lowest BCUT2D eigenvalue weighted by molar-refractivity contribution is -0.870. The van der Waals surface area contributed by atoms with Crippen molar-refractivity contribution in [2.24, 2.45) is 0 Å². The Kier molecular flexibility index (Phi) is 24.6. The Morgan fingerprint density at radius 3 is 1.76 bits per heavy atom. The van der Waals surface area contributed by atoms with Gasteiger partial charge in [-0.3, -0.25) is 9.05 Å². The first-order valence-corrected chi connectivity index (χ1v) is 16.4. The van der Waals surface area contributed by atoms with Crippen molar-refractivity contribution in [3.63, 3.8) is 0 Å². The molecule has 0 rings (SSSR count). The molecule has 0 saturated heterocycles. The van der Waals surface area contributed by atoms with E-state index in [4.69, 9.17) is 18.5 Å². The fourth-order valence-corrected chi connectivity index (χ4v) is 4.59. The summed E-state index contributed by atoms with van der Waals surface area (Å²) in [6, 6.07) is 0. The van der Waals surface area contributed by atoms with Gasteiger partial charge in [0, 0.05) is 13.7 Å². The monoisotopic (exact) mass is 550 g/mol. The summed E-state index contributed by atoms with van der Waals surface area (Å²) in [5.41, 5.74) is 0. The maximum absolute atomic E-state index is 12.0. The lowest BCUT2D eigenvalue weighted by Gasteiger charge is -2.24. The molecular formula is C29H61NO6P+. The SMILES string of the molecule is CCCCCCCCC/C=C\CCCCCCCCCOC[C@H](COP(=O)(O)OCC[N+](C)(C)C)OC. The van der Waals surface area contributed by atoms with Crippen LogP contribution < -0.4 is 0 Å². The largest absolute Gasteiger partial charge is 0.472 e. The fourth-order valence-electron chi connectivity index (χ4n) is 3.85. The molecule has 0 radical (unpaired) electrons. The molecule has 0 aromatic heterocycles. The number of phosphoric ester groups is 1. The number of hydrogen-bond donors (Lipinski definition) is 1. The third kappa shape index (κ3) is 28.6. The van der Waals surface area contributed by atoms with E-state index in [1.807, 2.05) is 21.1 Å². The van der Waals surface area contributed by atoms with Crippen molar-refractivity contribution < 1.29 is 32.5 Å². The molecule has 0 fully saturated rings. The lowest BCUT2D eigenvalue weighted by atomic mass is 10.1. The van der Waals surface area contributed by atoms with Crippen LogP contribution in [0.2, 0.25) is 0 Å². The number of rotatable bonds is 28. The van der Waals surface area contributed by atoms with Gasteiger partial charge in [0.15, 0.2) is 0 Å². The molecule has 0 spiro atoms. The van der Waals surface area contributed by atoms with Crippen LogP contribution in [0.25, 0.3) is 0 Å². The minimum absolute atomic E-state index is 0.0387. The van der Waals surface area contributed by atoms with E-state index < -0.39 is 13.9 Å². The highest BCUT2D eigenvalue weighted by molar-refractivity contribution is 7.47. The maximum Gasteiger partial charge on any atom is 0.472 e. The summed E-state index contributed by atoms with van der Waals surface area (Å²) in [5.74, 6) is 0. The van der Waals surface area contributed by atoms with Crippen molar-refractivity contribution >= 4 is 7.82 Å². The number of phosphoric acid groups is 1. The topological polar surface area (TPSA) is 74.2 Å². The highest BCUT2D eigenvalue weighted by Crippen LogP contribution is 2.43. The Morgan fingerprint density at radius 1 is 0.730 bits per heavy atom. The minimum Gasteiger partial charge on any atom is -0.379 e. The van der Waals surface area contributed by atoms with Crippen LogP contribution in [0.1, 0.15) is 110 Å². The van der Waals surface area contributed by atoms with Gasteiger partial charge in [-0.1, -0.05) is 89.7 Å². The van der Waals surface area contributed by atoms with E-state index >= 15 is 0 Å². The second-order valence-electron chi connectivity index (χ2n) is 11.2. The van der Waals surface area contributed by atoms with E-state index in [0.29, 0.717) is 24.2 Å². The van der Waals surface area contributed by atoms with Gasteiger partial charge in [-0.25, -0.2) is 4.57 Å². The highest BCUT2D eigenvalue weighted by Gasteiger charge is 2.24. The van der Waals surface area contributed by atoms with Crippen molar-refractivity contribution in [3.8, 4) is 0 Å². The average molecular weight is 551 g/mol. The number of nitrogens with zero attached hydrogens (tertiary/aromatic N) is 1. The molecule has 0 amide bonds. The first-order valence-electron chi connectivity index (χ1n) is 14.9. The van der Waals surface area contributed by atoms with E-state index in [2.05, 4.69) is 19.1 Å². The van der Waals surface area contributed by atoms with Crippen molar-refractivity contribution in [2.45, 2.75) is 116 Å². The molecule has 0 saturated carbocycles. The third-order valence-electron chi connectivity index (χ3n) is 6.38. The molecular weight excluding hydrogens is 489 g/mol. The van der Waals surface area contributed by atoms with Crippen LogP contribution in [0.5, 0.6) is 0 Å². The summed E-state index contributed by atoms with van der Waals surface area (Å²) >= 11 is 0. The van der Waals surface area contributed by atoms with Crippen LogP contribution >= 0.6 is 7.82 Å². The van der Waals surface area contributed by atoms with Crippen molar-refractivity contribution in [1.82, 2.24) is 0 Å². The molecule has 0 heterocycles. The molecule has 2 atom stereocenters. The summed E-state index contributed by atoms with van der Waals surface area (Å²) in [6.45, 7) is 4.00. The number of ether oxygens (including phenoxy) is 2. The maximum atomic E-state index is 12.0.